The molecule has 1 unspecified atom stereocenters. The van der Waals surface area contributed by atoms with Gasteiger partial charge < -0.3 is 15.2 Å². The van der Waals surface area contributed by atoms with Gasteiger partial charge in [-0.3, -0.25) is 9.32 Å². The van der Waals surface area contributed by atoms with Gasteiger partial charge in [0.15, 0.2) is 5.78 Å². The van der Waals surface area contributed by atoms with E-state index in [1.807, 2.05) is 6.07 Å². The molecule has 9 nitrogen and oxygen atoms in total. The van der Waals surface area contributed by atoms with Gasteiger partial charge in [0.1, 0.15) is 29.1 Å². The summed E-state index contributed by atoms with van der Waals surface area (Å²) in [6.07, 6.45) is 0. The molecule has 0 saturated carbocycles. The van der Waals surface area contributed by atoms with Crippen molar-refractivity contribution < 1.29 is 23.5 Å². The molecule has 1 atom stereocenters. The molecule has 0 fully saturated rings. The Hall–Kier alpha value is -3.80. The van der Waals surface area contributed by atoms with Gasteiger partial charge in [0, 0.05) is 12.1 Å². The standard InChI is InChI=1S/C18H16N4O5/c1-9(23)14-10(2)26-17(20)13(8-19)15(14)16-18(24)27-21-22(16)11-4-6-12(25-3)7-5-11/h4-7,15H,20H2,1-3H3/p+1. The van der Waals surface area contributed by atoms with Crippen LogP contribution in [0.15, 0.2) is 56.4 Å². The molecule has 9 heteroatoms. The SMILES string of the molecule is COc1ccc(-[n+]2[nH]oc(=O)c2C2C(C#N)=C(N)OC(C)=C2C(C)=O)cc1. The van der Waals surface area contributed by atoms with Crippen LogP contribution in [0, 0.1) is 11.3 Å². The van der Waals surface area contributed by atoms with Crippen molar-refractivity contribution in [3.8, 4) is 17.5 Å². The summed E-state index contributed by atoms with van der Waals surface area (Å²) >= 11 is 0. The number of carbonyl (C=O) groups excluding carboxylic acids is 1. The molecule has 1 aromatic heterocycles. The van der Waals surface area contributed by atoms with E-state index in [9.17, 15) is 14.9 Å². The number of aromatic nitrogens is 2. The number of nitriles is 1. The van der Waals surface area contributed by atoms with Crippen molar-refractivity contribution in [2.24, 2.45) is 5.73 Å². The first kappa shape index (κ1) is 18.0. The van der Waals surface area contributed by atoms with Crippen molar-refractivity contribution in [2.75, 3.05) is 7.11 Å². The van der Waals surface area contributed by atoms with Crippen LogP contribution in [0.5, 0.6) is 5.75 Å². The van der Waals surface area contributed by atoms with E-state index in [0.29, 0.717) is 11.4 Å². The second-order valence-electron chi connectivity index (χ2n) is 5.85. The van der Waals surface area contributed by atoms with Gasteiger partial charge in [0.05, 0.1) is 12.7 Å². The Morgan fingerprint density at radius 1 is 1.37 bits per heavy atom. The first-order chi connectivity index (χ1) is 12.9. The van der Waals surface area contributed by atoms with Crippen molar-refractivity contribution in [3.05, 3.63) is 63.2 Å². The molecule has 27 heavy (non-hydrogen) atoms. The van der Waals surface area contributed by atoms with Gasteiger partial charge in [0.25, 0.3) is 0 Å². The number of nitrogens with zero attached hydrogens (tertiary/aromatic N) is 2. The van der Waals surface area contributed by atoms with Crippen LogP contribution in [-0.2, 0) is 9.53 Å². The molecule has 0 bridgehead atoms. The van der Waals surface area contributed by atoms with E-state index < -0.39 is 11.5 Å². The number of hydrogen-bond donors (Lipinski definition) is 2. The zero-order chi connectivity index (χ0) is 19.7. The average Bonchev–Trinajstić information content (AvgIpc) is 3.02. The fourth-order valence-corrected chi connectivity index (χ4v) is 3.06. The van der Waals surface area contributed by atoms with E-state index >= 15 is 0 Å². The lowest BCUT2D eigenvalue weighted by Crippen LogP contribution is -2.42. The molecule has 2 aromatic rings. The van der Waals surface area contributed by atoms with Crippen LogP contribution in [0.2, 0.25) is 0 Å². The third-order valence-corrected chi connectivity index (χ3v) is 4.27. The number of nitrogens with two attached hydrogens (primary N) is 1. The van der Waals surface area contributed by atoms with Crippen molar-refractivity contribution in [2.45, 2.75) is 19.8 Å². The molecular weight excluding hydrogens is 352 g/mol. The predicted octanol–water partition coefficient (Wildman–Crippen LogP) is 0.924. The molecule has 1 aliphatic heterocycles. The highest BCUT2D eigenvalue weighted by molar-refractivity contribution is 5.96. The molecular formula is C18H17N4O5+. The van der Waals surface area contributed by atoms with Crippen LogP contribution in [0.25, 0.3) is 5.69 Å². The summed E-state index contributed by atoms with van der Waals surface area (Å²) in [5, 5.41) is 12.1. The number of rotatable bonds is 4. The molecule has 0 spiro atoms. The van der Waals surface area contributed by atoms with Gasteiger partial charge in [-0.05, 0) is 35.9 Å². The molecule has 0 aliphatic carbocycles. The molecule has 1 aliphatic rings. The van der Waals surface area contributed by atoms with Gasteiger partial charge in [-0.1, -0.05) is 0 Å². The van der Waals surface area contributed by atoms with Crippen LogP contribution in [-0.4, -0.2) is 18.2 Å². The predicted molar refractivity (Wildman–Crippen MR) is 91.4 cm³/mol. The number of nitrogens with one attached hydrogen (secondary N) is 1. The second-order valence-corrected chi connectivity index (χ2v) is 5.85. The number of aromatic amines is 1. The first-order valence-corrected chi connectivity index (χ1v) is 7.96. The Balaban J connectivity index is 2.26. The van der Waals surface area contributed by atoms with Crippen molar-refractivity contribution in [1.82, 2.24) is 5.27 Å². The third-order valence-electron chi connectivity index (χ3n) is 4.27. The van der Waals surface area contributed by atoms with Gasteiger partial charge >= 0.3 is 11.3 Å². The Kier molecular flexibility index (Phi) is 4.56. The number of ether oxygens (including phenoxy) is 2. The quantitative estimate of drug-likeness (QED) is 0.765. The number of methoxy groups -OCH3 is 1. The van der Waals surface area contributed by atoms with Crippen molar-refractivity contribution >= 4 is 5.78 Å². The minimum Gasteiger partial charge on any atom is -0.497 e. The number of benzene rings is 1. The molecule has 0 radical (unpaired) electrons. The summed E-state index contributed by atoms with van der Waals surface area (Å²) in [5.74, 6) is -0.678. The molecule has 0 saturated heterocycles. The Morgan fingerprint density at radius 3 is 2.59 bits per heavy atom. The number of carbonyl (C=O) groups is 1. The monoisotopic (exact) mass is 369 g/mol. The van der Waals surface area contributed by atoms with E-state index in [1.54, 1.807) is 31.2 Å². The number of ketones is 1. The molecule has 2 heterocycles. The fraction of sp³-hybridized carbons (Fsp3) is 0.222. The van der Waals surface area contributed by atoms with Gasteiger partial charge in [-0.15, -0.1) is 0 Å². The number of hydrogen-bond acceptors (Lipinski definition) is 7. The van der Waals surface area contributed by atoms with E-state index in [-0.39, 0.29) is 34.3 Å². The molecule has 138 valence electrons. The highest BCUT2D eigenvalue weighted by atomic mass is 16.5. The second kappa shape index (κ2) is 6.84. The number of allylic oxidation sites excluding steroid dienone is 3. The topological polar surface area (TPSA) is 135 Å². The summed E-state index contributed by atoms with van der Waals surface area (Å²) in [6, 6.07) is 8.71. The average molecular weight is 369 g/mol. The molecule has 3 N–H and O–H groups in total. The van der Waals surface area contributed by atoms with Gasteiger partial charge in [0.2, 0.25) is 11.6 Å². The zero-order valence-corrected chi connectivity index (χ0v) is 14.9. The molecule has 0 amide bonds. The lowest BCUT2D eigenvalue weighted by atomic mass is 9.84. The molecule has 1 aromatic carbocycles. The fourth-order valence-electron chi connectivity index (χ4n) is 3.06. The van der Waals surface area contributed by atoms with E-state index in [0.717, 1.165) is 0 Å². The maximum absolute atomic E-state index is 12.5. The third kappa shape index (κ3) is 2.97. The van der Waals surface area contributed by atoms with Crippen LogP contribution in [0.1, 0.15) is 25.5 Å². The zero-order valence-electron chi connectivity index (χ0n) is 14.9. The Labute approximate surface area is 153 Å². The minimum absolute atomic E-state index is 0.0347. The summed E-state index contributed by atoms with van der Waals surface area (Å²) < 4.78 is 16.8. The summed E-state index contributed by atoms with van der Waals surface area (Å²) in [6.45, 7) is 2.88. The highest BCUT2D eigenvalue weighted by Gasteiger charge is 2.43. The van der Waals surface area contributed by atoms with Gasteiger partial charge in [-0.25, -0.2) is 4.79 Å². The molecule has 3 rings (SSSR count). The van der Waals surface area contributed by atoms with E-state index in [1.165, 1.54) is 18.7 Å². The van der Waals surface area contributed by atoms with Crippen LogP contribution in [0.3, 0.4) is 0 Å². The van der Waals surface area contributed by atoms with Crippen LogP contribution >= 0.6 is 0 Å². The lowest BCUT2D eigenvalue weighted by molar-refractivity contribution is -0.677. The van der Waals surface area contributed by atoms with Crippen LogP contribution < -0.4 is 20.8 Å². The normalized spacial score (nSPS) is 16.7. The first-order valence-electron chi connectivity index (χ1n) is 7.96. The highest BCUT2D eigenvalue weighted by Crippen LogP contribution is 2.37. The van der Waals surface area contributed by atoms with Crippen LogP contribution in [0.4, 0.5) is 0 Å². The summed E-state index contributed by atoms with van der Waals surface area (Å²) in [4.78, 5) is 24.7. The Bertz CT molecular complexity index is 1070. The van der Waals surface area contributed by atoms with E-state index in [2.05, 4.69) is 5.27 Å². The lowest BCUT2D eigenvalue weighted by Gasteiger charge is -2.23. The van der Waals surface area contributed by atoms with Crippen molar-refractivity contribution in [1.29, 1.82) is 5.26 Å². The smallest absolute Gasteiger partial charge is 0.431 e. The minimum atomic E-state index is -1.02. The maximum atomic E-state index is 12.5. The maximum Gasteiger partial charge on any atom is 0.431 e. The van der Waals surface area contributed by atoms with E-state index in [4.69, 9.17) is 19.7 Å². The number of H-pyrrole nitrogens is 1. The largest absolute Gasteiger partial charge is 0.497 e. The van der Waals surface area contributed by atoms with Crippen molar-refractivity contribution in [3.63, 3.8) is 0 Å². The summed E-state index contributed by atoms with van der Waals surface area (Å²) in [7, 11) is 1.54. The number of Topliss-reactive ketones (excluding diaryl/α,β-unsaturated/α-hetero) is 1. The Morgan fingerprint density at radius 2 is 2.04 bits per heavy atom. The summed E-state index contributed by atoms with van der Waals surface area (Å²) in [5.41, 5.74) is 5.80. The van der Waals surface area contributed by atoms with Gasteiger partial charge in [-0.2, -0.15) is 5.26 Å².